The number of ether oxygens (including phenoxy) is 1. The van der Waals surface area contributed by atoms with E-state index in [1.807, 2.05) is 19.1 Å². The zero-order valence-electron chi connectivity index (χ0n) is 24.3. The molecule has 8 nitrogen and oxygen atoms in total. The molecule has 3 aromatic carbocycles. The van der Waals surface area contributed by atoms with Crippen LogP contribution in [0.1, 0.15) is 50.2 Å². The van der Waals surface area contributed by atoms with Gasteiger partial charge in [-0.2, -0.15) is 0 Å². The molecule has 3 aromatic rings. The lowest BCUT2D eigenvalue weighted by atomic mass is 9.95. The van der Waals surface area contributed by atoms with Crippen LogP contribution in [0.25, 0.3) is 0 Å². The van der Waals surface area contributed by atoms with Crippen molar-refractivity contribution in [2.24, 2.45) is 0 Å². The summed E-state index contributed by atoms with van der Waals surface area (Å²) in [6.45, 7) is 3.21. The lowest BCUT2D eigenvalue weighted by Gasteiger charge is -2.33. The molecule has 0 saturated heterocycles. The van der Waals surface area contributed by atoms with Crippen molar-refractivity contribution < 1.29 is 22.7 Å². The summed E-state index contributed by atoms with van der Waals surface area (Å²) in [4.78, 5) is 29.1. The van der Waals surface area contributed by atoms with Crippen LogP contribution in [0.3, 0.4) is 0 Å². The Hall–Kier alpha value is -3.37. The zero-order valence-corrected chi connectivity index (χ0v) is 26.7. The molecule has 1 atom stereocenters. The van der Waals surface area contributed by atoms with Crippen molar-refractivity contribution in [1.29, 1.82) is 0 Å². The molecule has 1 N–H and O–H groups in total. The van der Waals surface area contributed by atoms with Gasteiger partial charge in [0.2, 0.25) is 11.8 Å². The maximum atomic E-state index is 14.1. The highest BCUT2D eigenvalue weighted by molar-refractivity contribution is 9.10. The average molecular weight is 657 g/mol. The normalized spacial score (nSPS) is 14.6. The van der Waals surface area contributed by atoms with Gasteiger partial charge in [0.15, 0.2) is 0 Å². The van der Waals surface area contributed by atoms with Crippen LogP contribution >= 0.6 is 15.9 Å². The summed E-state index contributed by atoms with van der Waals surface area (Å²) in [5.74, 6) is -0.0725. The summed E-state index contributed by atoms with van der Waals surface area (Å²) in [5, 5.41) is 3.12. The van der Waals surface area contributed by atoms with Crippen LogP contribution in [-0.4, -0.2) is 50.9 Å². The molecule has 1 unspecified atom stereocenters. The van der Waals surface area contributed by atoms with Gasteiger partial charge in [0.1, 0.15) is 18.3 Å². The van der Waals surface area contributed by atoms with Crippen LogP contribution in [0, 0.1) is 6.92 Å². The highest BCUT2D eigenvalue weighted by Crippen LogP contribution is 2.27. The third kappa shape index (κ3) is 7.92. The molecular weight excluding hydrogens is 618 g/mol. The highest BCUT2D eigenvalue weighted by Gasteiger charge is 2.33. The fraction of sp³-hybridized carbons (Fsp3) is 0.375. The van der Waals surface area contributed by atoms with E-state index in [-0.39, 0.29) is 23.4 Å². The Morgan fingerprint density at radius 3 is 2.29 bits per heavy atom. The summed E-state index contributed by atoms with van der Waals surface area (Å²) in [6.07, 6.45) is 5.11. The predicted molar refractivity (Wildman–Crippen MR) is 168 cm³/mol. The smallest absolute Gasteiger partial charge is 0.264 e. The first kappa shape index (κ1) is 31.6. The van der Waals surface area contributed by atoms with Gasteiger partial charge in [-0.25, -0.2) is 8.42 Å². The quantitative estimate of drug-likeness (QED) is 0.281. The molecule has 0 heterocycles. The topological polar surface area (TPSA) is 96.0 Å². The molecule has 4 rings (SSSR count). The largest absolute Gasteiger partial charge is 0.497 e. The molecule has 1 aliphatic carbocycles. The monoisotopic (exact) mass is 655 g/mol. The highest BCUT2D eigenvalue weighted by atomic mass is 79.9. The molecule has 224 valence electrons. The first-order valence-electron chi connectivity index (χ1n) is 14.2. The van der Waals surface area contributed by atoms with Crippen molar-refractivity contribution in [2.45, 2.75) is 69.5 Å². The van der Waals surface area contributed by atoms with Crippen LogP contribution < -0.4 is 14.4 Å². The number of hydrogen-bond acceptors (Lipinski definition) is 5. The minimum atomic E-state index is -4.12. The van der Waals surface area contributed by atoms with Crippen molar-refractivity contribution in [3.63, 3.8) is 0 Å². The third-order valence-corrected chi connectivity index (χ3v) is 9.90. The molecule has 0 spiro atoms. The number of carbonyl (C=O) groups excluding carboxylic acids is 2. The Labute approximate surface area is 257 Å². The molecule has 1 fully saturated rings. The SMILES string of the molecule is COc1ccc(CN(C(=O)CN(c2cccc(Br)c2)S(=O)(=O)c2ccc(C)cc2)C(C)C(=O)NC2CCCCC2)cc1. The fourth-order valence-corrected chi connectivity index (χ4v) is 6.87. The van der Waals surface area contributed by atoms with E-state index in [1.54, 1.807) is 62.6 Å². The van der Waals surface area contributed by atoms with Crippen molar-refractivity contribution in [3.8, 4) is 5.75 Å². The van der Waals surface area contributed by atoms with Gasteiger partial charge in [-0.3, -0.25) is 13.9 Å². The number of aryl methyl sites for hydroxylation is 1. The van der Waals surface area contributed by atoms with Crippen LogP contribution in [-0.2, 0) is 26.2 Å². The summed E-state index contributed by atoms with van der Waals surface area (Å²) in [6, 6.07) is 19.8. The Bertz CT molecular complexity index is 1470. The van der Waals surface area contributed by atoms with Gasteiger partial charge < -0.3 is 15.0 Å². The maximum Gasteiger partial charge on any atom is 0.264 e. The molecule has 1 saturated carbocycles. The number of anilines is 1. The van der Waals surface area contributed by atoms with Gasteiger partial charge in [0.05, 0.1) is 17.7 Å². The van der Waals surface area contributed by atoms with E-state index >= 15 is 0 Å². The number of rotatable bonds is 11. The standard InChI is InChI=1S/C32H38BrN3O5S/c1-23-12-18-30(19-13-23)42(39,40)36(28-11-7-8-26(33)20-28)22-31(37)35(21-25-14-16-29(41-3)17-15-25)24(2)32(38)34-27-9-5-4-6-10-27/h7-8,11-20,24,27H,4-6,9-10,21-22H2,1-3H3,(H,34,38). The van der Waals surface area contributed by atoms with Crippen molar-refractivity contribution in [3.05, 3.63) is 88.4 Å². The van der Waals surface area contributed by atoms with Gasteiger partial charge in [-0.1, -0.05) is 71.1 Å². The lowest BCUT2D eigenvalue weighted by Crippen LogP contribution is -2.53. The van der Waals surface area contributed by atoms with E-state index in [4.69, 9.17) is 4.74 Å². The fourth-order valence-electron chi connectivity index (χ4n) is 5.08. The zero-order chi connectivity index (χ0) is 30.3. The number of nitrogens with zero attached hydrogens (tertiary/aromatic N) is 2. The van der Waals surface area contributed by atoms with Crippen LogP contribution in [0.4, 0.5) is 5.69 Å². The Kier molecular flexibility index (Phi) is 10.7. The van der Waals surface area contributed by atoms with Crippen molar-refractivity contribution in [2.75, 3.05) is 18.0 Å². The Morgan fingerprint density at radius 1 is 1.00 bits per heavy atom. The minimum Gasteiger partial charge on any atom is -0.497 e. The molecule has 10 heteroatoms. The molecule has 0 bridgehead atoms. The van der Waals surface area contributed by atoms with Gasteiger partial charge in [-0.05, 0) is 74.7 Å². The number of carbonyl (C=O) groups is 2. The first-order valence-corrected chi connectivity index (χ1v) is 16.4. The second kappa shape index (κ2) is 14.2. The van der Waals surface area contributed by atoms with Crippen molar-refractivity contribution in [1.82, 2.24) is 10.2 Å². The molecule has 0 radical (unpaired) electrons. The van der Waals surface area contributed by atoms with E-state index < -0.39 is 28.5 Å². The Morgan fingerprint density at radius 2 is 1.67 bits per heavy atom. The first-order chi connectivity index (χ1) is 20.1. The number of halogens is 1. The number of nitrogens with one attached hydrogen (secondary N) is 1. The predicted octanol–water partition coefficient (Wildman–Crippen LogP) is 5.83. The summed E-state index contributed by atoms with van der Waals surface area (Å²) in [5.41, 5.74) is 2.04. The second-order valence-electron chi connectivity index (χ2n) is 10.7. The number of hydrogen-bond donors (Lipinski definition) is 1. The van der Waals surface area contributed by atoms with Gasteiger partial charge in [-0.15, -0.1) is 0 Å². The average Bonchev–Trinajstić information content (AvgIpc) is 2.99. The van der Waals surface area contributed by atoms with Gasteiger partial charge in [0.25, 0.3) is 10.0 Å². The van der Waals surface area contributed by atoms with Gasteiger partial charge in [0, 0.05) is 17.1 Å². The van der Waals surface area contributed by atoms with E-state index in [0.29, 0.717) is 15.9 Å². The van der Waals surface area contributed by atoms with Crippen molar-refractivity contribution >= 4 is 43.5 Å². The van der Waals surface area contributed by atoms with Crippen LogP contribution in [0.5, 0.6) is 5.75 Å². The van der Waals surface area contributed by atoms with Gasteiger partial charge >= 0.3 is 0 Å². The maximum absolute atomic E-state index is 14.1. The molecule has 0 aliphatic heterocycles. The summed E-state index contributed by atoms with van der Waals surface area (Å²) >= 11 is 3.42. The van der Waals surface area contributed by atoms with Crippen LogP contribution in [0.15, 0.2) is 82.2 Å². The van der Waals surface area contributed by atoms with E-state index in [0.717, 1.165) is 47.5 Å². The van der Waals surface area contributed by atoms with Crippen LogP contribution in [0.2, 0.25) is 0 Å². The number of benzene rings is 3. The molecule has 2 amide bonds. The van der Waals surface area contributed by atoms with E-state index in [1.165, 1.54) is 17.0 Å². The number of methoxy groups -OCH3 is 1. The second-order valence-corrected chi connectivity index (χ2v) is 13.5. The molecule has 1 aliphatic rings. The third-order valence-electron chi connectivity index (χ3n) is 7.61. The Balaban J connectivity index is 1.67. The van der Waals surface area contributed by atoms with E-state index in [2.05, 4.69) is 21.2 Å². The molecular formula is C32H38BrN3O5S. The molecule has 42 heavy (non-hydrogen) atoms. The molecule has 0 aromatic heterocycles. The lowest BCUT2D eigenvalue weighted by molar-refractivity contribution is -0.139. The summed E-state index contributed by atoms with van der Waals surface area (Å²) < 4.78 is 35.0. The summed E-state index contributed by atoms with van der Waals surface area (Å²) in [7, 11) is -2.54. The minimum absolute atomic E-state index is 0.0747. The number of sulfonamides is 1. The number of amides is 2. The van der Waals surface area contributed by atoms with E-state index in [9.17, 15) is 18.0 Å².